The summed E-state index contributed by atoms with van der Waals surface area (Å²) in [5.41, 5.74) is 2.21. The summed E-state index contributed by atoms with van der Waals surface area (Å²) in [5, 5.41) is 2.60. The van der Waals surface area contributed by atoms with Crippen molar-refractivity contribution in [2.24, 2.45) is 0 Å². The van der Waals surface area contributed by atoms with E-state index in [1.54, 1.807) is 4.90 Å². The van der Waals surface area contributed by atoms with E-state index in [-0.39, 0.29) is 11.8 Å². The van der Waals surface area contributed by atoms with Crippen molar-refractivity contribution in [1.82, 2.24) is 5.32 Å². The molecule has 6 heteroatoms. The molecule has 0 unspecified atom stereocenters. The number of para-hydroxylation sites is 1. The zero-order chi connectivity index (χ0) is 17.1. The maximum absolute atomic E-state index is 13.0. The lowest BCUT2D eigenvalue weighted by atomic mass is 10.1. The smallest absolute Gasteiger partial charge is 0.264 e. The molecule has 4 nitrogen and oxygen atoms in total. The van der Waals surface area contributed by atoms with E-state index in [2.05, 4.69) is 12.2 Å². The predicted octanol–water partition coefficient (Wildman–Crippen LogP) is 3.86. The van der Waals surface area contributed by atoms with Gasteiger partial charge in [0.15, 0.2) is 0 Å². The van der Waals surface area contributed by atoms with Gasteiger partial charge in [-0.25, -0.2) is 0 Å². The molecule has 0 radical (unpaired) electrons. The summed E-state index contributed by atoms with van der Waals surface area (Å²) < 4.78 is 0.408. The number of hydrogen-bond acceptors (Lipinski definition) is 4. The quantitative estimate of drug-likeness (QED) is 0.475. The number of nitrogens with one attached hydrogen (secondary N) is 1. The Morgan fingerprint density at radius 2 is 1.88 bits per heavy atom. The van der Waals surface area contributed by atoms with Crippen LogP contribution >= 0.6 is 24.0 Å². The van der Waals surface area contributed by atoms with Crippen molar-refractivity contribution in [2.75, 3.05) is 11.4 Å². The molecule has 24 heavy (non-hydrogen) atoms. The molecular weight excluding hydrogens is 340 g/mol. The number of fused-ring (bicyclic) bond motifs is 1. The number of thiocarbonyl (C=S) groups is 1. The van der Waals surface area contributed by atoms with Crippen molar-refractivity contribution in [3.8, 4) is 0 Å². The number of carbonyl (C=O) groups is 2. The highest BCUT2D eigenvalue weighted by molar-refractivity contribution is 8.27. The molecule has 0 saturated carbocycles. The molecule has 126 valence electrons. The van der Waals surface area contributed by atoms with Crippen LogP contribution in [0.25, 0.3) is 5.57 Å². The van der Waals surface area contributed by atoms with E-state index in [0.717, 1.165) is 24.1 Å². The highest BCUT2D eigenvalue weighted by atomic mass is 32.2. The van der Waals surface area contributed by atoms with Crippen LogP contribution in [0.2, 0.25) is 0 Å². The number of benzene rings is 1. The number of hydrogen-bond donors (Lipinski definition) is 1. The van der Waals surface area contributed by atoms with Gasteiger partial charge in [0.1, 0.15) is 4.32 Å². The lowest BCUT2D eigenvalue weighted by Crippen LogP contribution is -2.28. The minimum atomic E-state index is -0.270. The maximum Gasteiger partial charge on any atom is 0.264 e. The van der Waals surface area contributed by atoms with Crippen LogP contribution in [0.15, 0.2) is 29.2 Å². The Bertz CT molecular complexity index is 727. The topological polar surface area (TPSA) is 49.4 Å². The maximum atomic E-state index is 13.0. The average molecular weight is 361 g/mol. The minimum absolute atomic E-state index is 0.0889. The second-order valence-electron chi connectivity index (χ2n) is 5.94. The lowest BCUT2D eigenvalue weighted by molar-refractivity contribution is -0.116. The summed E-state index contributed by atoms with van der Waals surface area (Å²) in [5.74, 6) is -0.359. The summed E-state index contributed by atoms with van der Waals surface area (Å²) in [7, 11) is 0. The summed E-state index contributed by atoms with van der Waals surface area (Å²) in [6.07, 6.45) is 5.72. The van der Waals surface area contributed by atoms with Crippen molar-refractivity contribution in [2.45, 2.75) is 39.0 Å². The number of thioether (sulfide) groups is 1. The van der Waals surface area contributed by atoms with Crippen LogP contribution in [0.4, 0.5) is 5.69 Å². The van der Waals surface area contributed by atoms with Gasteiger partial charge in [-0.3, -0.25) is 9.59 Å². The predicted molar refractivity (Wildman–Crippen MR) is 103 cm³/mol. The van der Waals surface area contributed by atoms with Crippen LogP contribution in [-0.4, -0.2) is 22.7 Å². The standard InChI is InChI=1S/C18H20N2O2S2/c1-2-3-4-5-8-11-20-13-10-7-6-9-12(13)14(17(20)22)15-16(21)19-18(23)24-15/h6-7,9-10H,2-5,8,11H2,1H3,(H,19,21,23)/b15-14+. The third kappa shape index (κ3) is 3.26. The van der Waals surface area contributed by atoms with Gasteiger partial charge >= 0.3 is 0 Å². The van der Waals surface area contributed by atoms with E-state index in [4.69, 9.17) is 12.2 Å². The van der Waals surface area contributed by atoms with Crippen LogP contribution in [-0.2, 0) is 9.59 Å². The monoisotopic (exact) mass is 360 g/mol. The van der Waals surface area contributed by atoms with Crippen molar-refractivity contribution in [1.29, 1.82) is 0 Å². The molecule has 2 amide bonds. The van der Waals surface area contributed by atoms with E-state index < -0.39 is 0 Å². The van der Waals surface area contributed by atoms with Gasteiger partial charge in [-0.1, -0.05) is 74.8 Å². The highest BCUT2D eigenvalue weighted by Crippen LogP contribution is 2.42. The fourth-order valence-corrected chi connectivity index (χ4v) is 4.19. The fourth-order valence-electron chi connectivity index (χ4n) is 3.07. The number of unbranched alkanes of at least 4 members (excludes halogenated alkanes) is 4. The van der Waals surface area contributed by atoms with E-state index in [1.807, 2.05) is 24.3 Å². The fraction of sp³-hybridized carbons (Fsp3) is 0.389. The van der Waals surface area contributed by atoms with Crippen molar-refractivity contribution in [3.63, 3.8) is 0 Å². The van der Waals surface area contributed by atoms with Gasteiger partial charge in [0, 0.05) is 12.1 Å². The first-order chi connectivity index (χ1) is 11.6. The molecule has 0 spiro atoms. The van der Waals surface area contributed by atoms with Crippen LogP contribution in [0.1, 0.15) is 44.6 Å². The number of anilines is 1. The molecule has 0 aromatic heterocycles. The van der Waals surface area contributed by atoms with E-state index >= 15 is 0 Å². The van der Waals surface area contributed by atoms with Crippen LogP contribution < -0.4 is 10.2 Å². The Labute approximate surface area is 151 Å². The zero-order valence-electron chi connectivity index (χ0n) is 13.6. The van der Waals surface area contributed by atoms with Gasteiger partial charge < -0.3 is 10.2 Å². The second kappa shape index (κ2) is 7.49. The molecule has 0 aliphatic carbocycles. The van der Waals surface area contributed by atoms with Crippen LogP contribution in [0, 0.1) is 0 Å². The molecule has 1 fully saturated rings. The minimum Gasteiger partial charge on any atom is -0.308 e. The number of rotatable bonds is 6. The zero-order valence-corrected chi connectivity index (χ0v) is 15.3. The summed E-state index contributed by atoms with van der Waals surface area (Å²) >= 11 is 6.24. The number of nitrogens with zero attached hydrogens (tertiary/aromatic N) is 1. The van der Waals surface area contributed by atoms with Gasteiger partial charge in [0.25, 0.3) is 11.8 Å². The molecule has 1 aromatic carbocycles. The molecule has 0 bridgehead atoms. The Kier molecular flexibility index (Phi) is 5.36. The molecule has 2 aliphatic heterocycles. The molecule has 0 atom stereocenters. The van der Waals surface area contributed by atoms with Crippen molar-refractivity contribution < 1.29 is 9.59 Å². The van der Waals surface area contributed by atoms with Gasteiger partial charge in [-0.15, -0.1) is 0 Å². The molecule has 2 heterocycles. The first kappa shape index (κ1) is 17.2. The van der Waals surface area contributed by atoms with Crippen LogP contribution in [0.5, 0.6) is 0 Å². The lowest BCUT2D eigenvalue weighted by Gasteiger charge is -2.16. The number of amides is 2. The van der Waals surface area contributed by atoms with E-state index in [9.17, 15) is 9.59 Å². The summed E-state index contributed by atoms with van der Waals surface area (Å²) in [4.78, 5) is 27.3. The van der Waals surface area contributed by atoms with Gasteiger partial charge in [0.2, 0.25) is 0 Å². The normalized spacial score (nSPS) is 19.9. The molecule has 1 aromatic rings. The highest BCUT2D eigenvalue weighted by Gasteiger charge is 2.38. The molecular formula is C18H20N2O2S2. The Morgan fingerprint density at radius 3 is 2.58 bits per heavy atom. The largest absolute Gasteiger partial charge is 0.308 e. The Hall–Kier alpha value is -1.66. The first-order valence-electron chi connectivity index (χ1n) is 8.32. The molecule has 1 N–H and O–H groups in total. The Balaban J connectivity index is 1.86. The van der Waals surface area contributed by atoms with Gasteiger partial charge in [0.05, 0.1) is 16.2 Å². The average Bonchev–Trinajstić information content (AvgIpc) is 3.03. The molecule has 1 saturated heterocycles. The summed E-state index contributed by atoms with van der Waals surface area (Å²) in [6, 6.07) is 7.67. The summed E-state index contributed by atoms with van der Waals surface area (Å²) in [6.45, 7) is 2.88. The number of carbonyl (C=O) groups excluding carboxylic acids is 2. The third-order valence-corrected chi connectivity index (χ3v) is 5.49. The van der Waals surface area contributed by atoms with E-state index in [0.29, 0.717) is 21.3 Å². The van der Waals surface area contributed by atoms with Crippen molar-refractivity contribution in [3.05, 3.63) is 34.7 Å². The SMILES string of the molecule is CCCCCCCN1C(=O)/C(=C2/SC(=S)NC2=O)c2ccccc21. The van der Waals surface area contributed by atoms with Crippen LogP contribution in [0.3, 0.4) is 0 Å². The first-order valence-corrected chi connectivity index (χ1v) is 9.54. The Morgan fingerprint density at radius 1 is 1.12 bits per heavy atom. The van der Waals surface area contributed by atoms with E-state index in [1.165, 1.54) is 31.0 Å². The molecule has 3 rings (SSSR count). The molecule has 2 aliphatic rings. The van der Waals surface area contributed by atoms with Crippen molar-refractivity contribution >= 4 is 51.4 Å². The van der Waals surface area contributed by atoms with Gasteiger partial charge in [-0.2, -0.15) is 0 Å². The van der Waals surface area contributed by atoms with Gasteiger partial charge in [-0.05, 0) is 12.5 Å². The third-order valence-electron chi connectivity index (χ3n) is 4.25. The second-order valence-corrected chi connectivity index (χ2v) is 7.62.